The Bertz CT molecular complexity index is 1070. The minimum Gasteiger partial charge on any atom is -0.444 e. The Kier molecular flexibility index (Phi) is 10.2. The van der Waals surface area contributed by atoms with Crippen molar-refractivity contribution in [3.8, 4) is 0 Å². The maximum Gasteiger partial charge on any atom is 0.408 e. The van der Waals surface area contributed by atoms with E-state index in [0.29, 0.717) is 51.0 Å². The number of carbonyl (C=O) groups excluding carboxylic acids is 4. The van der Waals surface area contributed by atoms with E-state index in [1.54, 1.807) is 27.7 Å². The molecule has 0 bridgehead atoms. The number of hydrogen-bond acceptors (Lipinski definition) is 7. The number of nitrogens with two attached hydrogens (primary N) is 1. The second-order valence-corrected chi connectivity index (χ2v) is 15.5. The van der Waals surface area contributed by atoms with Crippen molar-refractivity contribution in [2.75, 3.05) is 6.54 Å². The number of sulfonamides is 1. The zero-order chi connectivity index (χ0) is 29.9. The highest BCUT2D eigenvalue weighted by Gasteiger charge is 2.53. The Balaban J connectivity index is 1.41. The molecule has 0 radical (unpaired) electrons. The van der Waals surface area contributed by atoms with Crippen molar-refractivity contribution in [2.24, 2.45) is 23.5 Å². The molecule has 11 nitrogen and oxygen atoms in total. The molecule has 3 rings (SSSR count). The molecule has 12 heteroatoms. The maximum atomic E-state index is 13.3. The number of ether oxygens (including phenoxy) is 1. The van der Waals surface area contributed by atoms with Gasteiger partial charge in [0.05, 0.1) is 4.75 Å². The Morgan fingerprint density at radius 3 is 2.35 bits per heavy atom. The Morgan fingerprint density at radius 1 is 1.10 bits per heavy atom. The molecule has 1 heterocycles. The molecule has 1 aliphatic heterocycles. The van der Waals surface area contributed by atoms with Crippen LogP contribution in [0.1, 0.15) is 105 Å². The summed E-state index contributed by atoms with van der Waals surface area (Å²) in [5.41, 5.74) is 4.79. The van der Waals surface area contributed by atoms with Crippen LogP contribution in [0.15, 0.2) is 0 Å². The van der Waals surface area contributed by atoms with Gasteiger partial charge in [0.15, 0.2) is 0 Å². The molecule has 4 N–H and O–H groups in total. The molecule has 3 fully saturated rings. The predicted octanol–water partition coefficient (Wildman–Crippen LogP) is 2.97. The number of nitrogens with one attached hydrogen (secondary N) is 2. The Morgan fingerprint density at radius 2 is 1.75 bits per heavy atom. The molecule has 0 unspecified atom stereocenters. The van der Waals surface area contributed by atoms with Crippen LogP contribution < -0.4 is 15.8 Å². The summed E-state index contributed by atoms with van der Waals surface area (Å²) in [5.74, 6) is -0.828. The fourth-order valence-corrected chi connectivity index (χ4v) is 6.79. The number of likely N-dealkylation sites (tertiary alicyclic amines) is 1. The molecule has 40 heavy (non-hydrogen) atoms. The monoisotopic (exact) mass is 584 g/mol. The van der Waals surface area contributed by atoms with E-state index >= 15 is 0 Å². The smallest absolute Gasteiger partial charge is 0.408 e. The van der Waals surface area contributed by atoms with E-state index in [4.69, 9.17) is 10.5 Å². The maximum absolute atomic E-state index is 13.3. The summed E-state index contributed by atoms with van der Waals surface area (Å²) in [7, 11) is -3.59. The van der Waals surface area contributed by atoms with Crippen LogP contribution in [0.5, 0.6) is 0 Å². The van der Waals surface area contributed by atoms with E-state index < -0.39 is 44.5 Å². The first-order valence-electron chi connectivity index (χ1n) is 14.7. The van der Waals surface area contributed by atoms with Crippen molar-refractivity contribution >= 4 is 33.8 Å². The summed E-state index contributed by atoms with van der Waals surface area (Å²) in [6.45, 7) is 9.50. The number of primary amides is 1. The van der Waals surface area contributed by atoms with Gasteiger partial charge in [0.1, 0.15) is 17.7 Å². The average Bonchev–Trinajstić information content (AvgIpc) is 3.71. The predicted molar refractivity (Wildman–Crippen MR) is 150 cm³/mol. The Labute approximate surface area is 238 Å². The summed E-state index contributed by atoms with van der Waals surface area (Å²) < 4.78 is 31.5. The number of hydrogen-bond donors (Lipinski definition) is 3. The average molecular weight is 585 g/mol. The van der Waals surface area contributed by atoms with Gasteiger partial charge in [-0.1, -0.05) is 32.6 Å². The number of rotatable bonds is 14. The normalized spacial score (nSPS) is 25.0. The fourth-order valence-electron chi connectivity index (χ4n) is 5.49. The van der Waals surface area contributed by atoms with Gasteiger partial charge < -0.3 is 20.7 Å². The standard InChI is InChI=1S/C28H48N4O7S/c1-18(16-19-17-20(19)24(34)31-40(37,38)28(5)13-14-28)10-7-6-8-11-21(30-26(36)39-27(2,3)4)25(35)32-15-9-12-22(32)23(29)33/h18-22H,6-17H2,1-5H3,(H2,29,33)(H,30,36)(H,31,34)/t18-,19-,20+,21+,22+/m1/s1. The highest BCUT2D eigenvalue weighted by molar-refractivity contribution is 7.91. The first-order valence-corrected chi connectivity index (χ1v) is 16.2. The summed E-state index contributed by atoms with van der Waals surface area (Å²) in [6, 6.07) is -1.45. The highest BCUT2D eigenvalue weighted by atomic mass is 32.2. The molecule has 5 atom stereocenters. The lowest BCUT2D eigenvalue weighted by molar-refractivity contribution is -0.139. The summed E-state index contributed by atoms with van der Waals surface area (Å²) in [4.78, 5) is 51.4. The van der Waals surface area contributed by atoms with Gasteiger partial charge in [-0.05, 0) is 84.5 Å². The molecule has 4 amide bonds. The van der Waals surface area contributed by atoms with Gasteiger partial charge in [-0.25, -0.2) is 13.2 Å². The molecule has 2 saturated carbocycles. The van der Waals surface area contributed by atoms with Gasteiger partial charge in [0, 0.05) is 12.5 Å². The van der Waals surface area contributed by atoms with Gasteiger partial charge in [0.2, 0.25) is 27.7 Å². The van der Waals surface area contributed by atoms with Crippen molar-refractivity contribution in [3.63, 3.8) is 0 Å². The van der Waals surface area contributed by atoms with Gasteiger partial charge in [0.25, 0.3) is 0 Å². The van der Waals surface area contributed by atoms with Crippen LogP contribution in [0, 0.1) is 17.8 Å². The third kappa shape index (κ3) is 8.81. The van der Waals surface area contributed by atoms with Crippen LogP contribution in [0.4, 0.5) is 4.79 Å². The van der Waals surface area contributed by atoms with E-state index in [1.165, 1.54) is 4.90 Å². The van der Waals surface area contributed by atoms with E-state index in [2.05, 4.69) is 17.0 Å². The van der Waals surface area contributed by atoms with Crippen LogP contribution in [0.2, 0.25) is 0 Å². The van der Waals surface area contributed by atoms with Crippen molar-refractivity contribution in [1.82, 2.24) is 14.9 Å². The molecule has 0 spiro atoms. The molecule has 2 aliphatic carbocycles. The first kappa shape index (κ1) is 32.1. The van der Waals surface area contributed by atoms with Crippen molar-refractivity contribution in [2.45, 2.75) is 128 Å². The topological polar surface area (TPSA) is 165 Å². The SMILES string of the molecule is C[C@H](CCCCC[C@H](NC(=O)OC(C)(C)C)C(=O)N1CCC[C@H]1C(N)=O)C[C@@H]1C[C@@H]1C(=O)NS(=O)(=O)C1(C)CC1. The number of carbonyl (C=O) groups is 4. The van der Waals surface area contributed by atoms with Crippen LogP contribution in [-0.2, 0) is 29.1 Å². The minimum absolute atomic E-state index is 0.218. The van der Waals surface area contributed by atoms with Crippen molar-refractivity contribution in [1.29, 1.82) is 0 Å². The summed E-state index contributed by atoms with van der Waals surface area (Å²) >= 11 is 0. The van der Waals surface area contributed by atoms with Gasteiger partial charge >= 0.3 is 6.09 Å². The molecule has 3 aliphatic rings. The summed E-state index contributed by atoms with van der Waals surface area (Å²) in [6.07, 6.45) is 7.21. The number of unbranched alkanes of at least 4 members (excludes halogenated alkanes) is 2. The summed E-state index contributed by atoms with van der Waals surface area (Å²) in [5, 5.41) is 2.70. The molecule has 0 aromatic heterocycles. The van der Waals surface area contributed by atoms with Gasteiger partial charge in [-0.2, -0.15) is 0 Å². The van der Waals surface area contributed by atoms with Gasteiger partial charge in [-0.15, -0.1) is 0 Å². The number of nitrogens with zero attached hydrogens (tertiary/aromatic N) is 1. The lowest BCUT2D eigenvalue weighted by Crippen LogP contribution is -2.53. The zero-order valence-corrected chi connectivity index (χ0v) is 25.5. The van der Waals surface area contributed by atoms with E-state index in [9.17, 15) is 27.6 Å². The number of alkyl carbamates (subject to hydrolysis) is 1. The lowest BCUT2D eigenvalue weighted by Gasteiger charge is -2.29. The lowest BCUT2D eigenvalue weighted by atomic mass is 9.95. The first-order chi connectivity index (χ1) is 18.5. The van der Waals surface area contributed by atoms with E-state index in [0.717, 1.165) is 32.1 Å². The van der Waals surface area contributed by atoms with Crippen molar-refractivity contribution in [3.05, 3.63) is 0 Å². The second-order valence-electron chi connectivity index (χ2n) is 13.3. The van der Waals surface area contributed by atoms with Crippen LogP contribution in [0.3, 0.4) is 0 Å². The van der Waals surface area contributed by atoms with Gasteiger partial charge in [-0.3, -0.25) is 19.1 Å². The Hall–Kier alpha value is -2.37. The molecule has 228 valence electrons. The molecular formula is C28H48N4O7S. The molecule has 0 aromatic carbocycles. The number of amides is 4. The third-order valence-corrected chi connectivity index (χ3v) is 10.5. The highest BCUT2D eigenvalue weighted by Crippen LogP contribution is 2.46. The molecule has 1 saturated heterocycles. The van der Waals surface area contributed by atoms with Crippen molar-refractivity contribution < 1.29 is 32.3 Å². The molecular weight excluding hydrogens is 536 g/mol. The van der Waals surface area contributed by atoms with E-state index in [1.807, 2.05) is 0 Å². The van der Waals surface area contributed by atoms with Crippen LogP contribution >= 0.6 is 0 Å². The third-order valence-electron chi connectivity index (χ3n) is 8.35. The second kappa shape index (κ2) is 12.7. The van der Waals surface area contributed by atoms with E-state index in [-0.39, 0.29) is 23.7 Å². The zero-order valence-electron chi connectivity index (χ0n) is 24.7. The quantitative estimate of drug-likeness (QED) is 0.264. The minimum atomic E-state index is -3.59. The fraction of sp³-hybridized carbons (Fsp3) is 0.857. The van der Waals surface area contributed by atoms with Crippen LogP contribution in [-0.4, -0.2) is 66.1 Å². The molecule has 0 aromatic rings. The van der Waals surface area contributed by atoms with Crippen LogP contribution in [0.25, 0.3) is 0 Å². The largest absolute Gasteiger partial charge is 0.444 e.